The van der Waals surface area contributed by atoms with Gasteiger partial charge in [0.25, 0.3) is 0 Å². The summed E-state index contributed by atoms with van der Waals surface area (Å²) < 4.78 is 5.41. The number of ether oxygens (including phenoxy) is 1. The lowest BCUT2D eigenvalue weighted by Gasteiger charge is -2.36. The highest BCUT2D eigenvalue weighted by Gasteiger charge is 2.23. The van der Waals surface area contributed by atoms with Crippen LogP contribution in [0.4, 0.5) is 5.69 Å². The molecule has 6 nitrogen and oxygen atoms in total. The van der Waals surface area contributed by atoms with E-state index in [-0.39, 0.29) is 24.3 Å². The Kier molecular flexibility index (Phi) is 7.10. The monoisotopic (exact) mass is 347 g/mol. The minimum Gasteiger partial charge on any atom is -0.495 e. The number of hydrogen-bond donors (Lipinski definition) is 1. The minimum absolute atomic E-state index is 0.00445. The molecule has 0 atom stereocenters. The first-order chi connectivity index (χ1) is 12.1. The predicted octanol–water partition coefficient (Wildman–Crippen LogP) is 1.90. The Balaban J connectivity index is 1.83. The van der Waals surface area contributed by atoms with E-state index in [4.69, 9.17) is 4.74 Å². The van der Waals surface area contributed by atoms with Crippen LogP contribution in [0.3, 0.4) is 0 Å². The Bertz CT molecular complexity index is 579. The number of para-hydroxylation sites is 2. The lowest BCUT2D eigenvalue weighted by atomic mass is 10.0. The summed E-state index contributed by atoms with van der Waals surface area (Å²) in [7, 11) is 1.67. The van der Waals surface area contributed by atoms with Crippen LogP contribution in [0, 0.1) is 5.92 Å². The van der Waals surface area contributed by atoms with E-state index in [2.05, 4.69) is 10.2 Å². The third-order valence-corrected chi connectivity index (χ3v) is 4.83. The SMILES string of the molecule is CCC(CC)C(=O)NCC(=O)N1CCN(c2ccccc2OC)CC1. The van der Waals surface area contributed by atoms with E-state index >= 15 is 0 Å². The van der Waals surface area contributed by atoms with Crippen molar-refractivity contribution in [2.75, 3.05) is 44.7 Å². The molecule has 2 amide bonds. The summed E-state index contributed by atoms with van der Waals surface area (Å²) in [5.41, 5.74) is 1.05. The molecule has 1 N–H and O–H groups in total. The number of carbonyl (C=O) groups is 2. The fourth-order valence-corrected chi connectivity index (χ4v) is 3.17. The van der Waals surface area contributed by atoms with Crippen LogP contribution in [0.2, 0.25) is 0 Å². The summed E-state index contributed by atoms with van der Waals surface area (Å²) in [5, 5.41) is 2.78. The first kappa shape index (κ1) is 19.1. The average Bonchev–Trinajstić information content (AvgIpc) is 2.67. The Morgan fingerprint density at radius 1 is 1.12 bits per heavy atom. The van der Waals surface area contributed by atoms with Crippen molar-refractivity contribution >= 4 is 17.5 Å². The summed E-state index contributed by atoms with van der Waals surface area (Å²) in [5.74, 6) is 0.805. The molecule has 2 rings (SSSR count). The highest BCUT2D eigenvalue weighted by molar-refractivity contribution is 5.86. The largest absolute Gasteiger partial charge is 0.495 e. The molecule has 1 aromatic carbocycles. The molecule has 0 unspecified atom stereocenters. The second-order valence-electron chi connectivity index (χ2n) is 6.27. The maximum Gasteiger partial charge on any atom is 0.242 e. The molecule has 0 spiro atoms. The molecule has 0 aromatic heterocycles. The summed E-state index contributed by atoms with van der Waals surface area (Å²) in [6, 6.07) is 7.92. The molecule has 0 aliphatic carbocycles. The van der Waals surface area contributed by atoms with E-state index < -0.39 is 0 Å². The zero-order valence-corrected chi connectivity index (χ0v) is 15.5. The summed E-state index contributed by atoms with van der Waals surface area (Å²) in [6.07, 6.45) is 1.60. The van der Waals surface area contributed by atoms with Gasteiger partial charge in [0.05, 0.1) is 19.3 Å². The molecule has 6 heteroatoms. The van der Waals surface area contributed by atoms with Gasteiger partial charge >= 0.3 is 0 Å². The Labute approximate surface area is 150 Å². The molecule has 138 valence electrons. The number of nitrogens with zero attached hydrogens (tertiary/aromatic N) is 2. The van der Waals surface area contributed by atoms with Gasteiger partial charge in [-0.2, -0.15) is 0 Å². The fourth-order valence-electron chi connectivity index (χ4n) is 3.17. The van der Waals surface area contributed by atoms with Crippen LogP contribution in [0.1, 0.15) is 26.7 Å². The molecular formula is C19H29N3O3. The van der Waals surface area contributed by atoms with E-state index in [1.165, 1.54) is 0 Å². The van der Waals surface area contributed by atoms with Crippen LogP contribution in [-0.4, -0.2) is 56.5 Å². The number of carbonyl (C=O) groups excluding carboxylic acids is 2. The number of methoxy groups -OCH3 is 1. The quantitative estimate of drug-likeness (QED) is 0.818. The number of benzene rings is 1. The molecular weight excluding hydrogens is 318 g/mol. The van der Waals surface area contributed by atoms with E-state index in [0.717, 1.165) is 37.4 Å². The maximum atomic E-state index is 12.3. The van der Waals surface area contributed by atoms with Crippen molar-refractivity contribution < 1.29 is 14.3 Å². The summed E-state index contributed by atoms with van der Waals surface area (Å²) in [4.78, 5) is 28.4. The zero-order chi connectivity index (χ0) is 18.2. The minimum atomic E-state index is -0.0222. The number of amides is 2. The molecule has 25 heavy (non-hydrogen) atoms. The number of rotatable bonds is 7. The van der Waals surface area contributed by atoms with Gasteiger partial charge in [-0.05, 0) is 25.0 Å². The van der Waals surface area contributed by atoms with E-state index in [9.17, 15) is 9.59 Å². The molecule has 0 saturated carbocycles. The topological polar surface area (TPSA) is 61.9 Å². The fraction of sp³-hybridized carbons (Fsp3) is 0.579. The van der Waals surface area contributed by atoms with Crippen LogP contribution in [0.5, 0.6) is 5.75 Å². The third kappa shape index (κ3) is 4.87. The van der Waals surface area contributed by atoms with Crippen molar-refractivity contribution in [3.63, 3.8) is 0 Å². The van der Waals surface area contributed by atoms with Gasteiger partial charge in [-0.3, -0.25) is 9.59 Å². The number of piperazine rings is 1. The molecule has 1 fully saturated rings. The molecule has 1 heterocycles. The molecule has 0 radical (unpaired) electrons. The van der Waals surface area contributed by atoms with E-state index in [0.29, 0.717) is 13.1 Å². The summed E-state index contributed by atoms with van der Waals surface area (Å²) >= 11 is 0. The second kappa shape index (κ2) is 9.30. The van der Waals surface area contributed by atoms with Gasteiger partial charge in [0.2, 0.25) is 11.8 Å². The van der Waals surface area contributed by atoms with Gasteiger partial charge < -0.3 is 19.9 Å². The van der Waals surface area contributed by atoms with Crippen LogP contribution < -0.4 is 15.0 Å². The maximum absolute atomic E-state index is 12.3. The predicted molar refractivity (Wildman–Crippen MR) is 98.9 cm³/mol. The lowest BCUT2D eigenvalue weighted by molar-refractivity contribution is -0.134. The second-order valence-corrected chi connectivity index (χ2v) is 6.27. The zero-order valence-electron chi connectivity index (χ0n) is 15.5. The normalized spacial score (nSPS) is 14.6. The Morgan fingerprint density at radius 3 is 2.36 bits per heavy atom. The first-order valence-electron chi connectivity index (χ1n) is 9.04. The molecule has 0 bridgehead atoms. The van der Waals surface area contributed by atoms with Crippen molar-refractivity contribution in [3.8, 4) is 5.75 Å². The average molecular weight is 347 g/mol. The Hall–Kier alpha value is -2.24. The van der Waals surface area contributed by atoms with Gasteiger partial charge in [-0.15, -0.1) is 0 Å². The summed E-state index contributed by atoms with van der Waals surface area (Å²) in [6.45, 7) is 6.89. The lowest BCUT2D eigenvalue weighted by Crippen LogP contribution is -2.51. The van der Waals surface area contributed by atoms with Crippen LogP contribution in [0.15, 0.2) is 24.3 Å². The molecule has 1 aromatic rings. The molecule has 1 aliphatic heterocycles. The number of hydrogen-bond acceptors (Lipinski definition) is 4. The van der Waals surface area contributed by atoms with Crippen molar-refractivity contribution in [1.29, 1.82) is 0 Å². The van der Waals surface area contributed by atoms with Crippen LogP contribution in [-0.2, 0) is 9.59 Å². The van der Waals surface area contributed by atoms with Gasteiger partial charge in [-0.1, -0.05) is 26.0 Å². The standard InChI is InChI=1S/C19H29N3O3/c1-4-15(5-2)19(24)20-14-18(23)22-12-10-21(11-13-22)16-8-6-7-9-17(16)25-3/h6-9,15H,4-5,10-14H2,1-3H3,(H,20,24). The van der Waals surface area contributed by atoms with Gasteiger partial charge in [-0.25, -0.2) is 0 Å². The smallest absolute Gasteiger partial charge is 0.242 e. The molecule has 1 saturated heterocycles. The molecule has 1 aliphatic rings. The Morgan fingerprint density at radius 2 is 1.76 bits per heavy atom. The van der Waals surface area contributed by atoms with Gasteiger partial charge in [0, 0.05) is 32.1 Å². The highest BCUT2D eigenvalue weighted by atomic mass is 16.5. The van der Waals surface area contributed by atoms with E-state index in [1.54, 1.807) is 7.11 Å². The first-order valence-corrected chi connectivity index (χ1v) is 9.04. The van der Waals surface area contributed by atoms with Crippen molar-refractivity contribution in [2.45, 2.75) is 26.7 Å². The number of anilines is 1. The van der Waals surface area contributed by atoms with Gasteiger partial charge in [0.15, 0.2) is 0 Å². The van der Waals surface area contributed by atoms with Crippen molar-refractivity contribution in [2.24, 2.45) is 5.92 Å². The highest BCUT2D eigenvalue weighted by Crippen LogP contribution is 2.28. The van der Waals surface area contributed by atoms with E-state index in [1.807, 2.05) is 43.0 Å². The van der Waals surface area contributed by atoms with Crippen molar-refractivity contribution in [3.05, 3.63) is 24.3 Å². The van der Waals surface area contributed by atoms with Gasteiger partial charge in [0.1, 0.15) is 5.75 Å². The van der Waals surface area contributed by atoms with Crippen LogP contribution in [0.25, 0.3) is 0 Å². The third-order valence-electron chi connectivity index (χ3n) is 4.83. The van der Waals surface area contributed by atoms with Crippen LogP contribution >= 0.6 is 0 Å². The number of nitrogens with one attached hydrogen (secondary N) is 1. The van der Waals surface area contributed by atoms with Crippen molar-refractivity contribution in [1.82, 2.24) is 10.2 Å².